The Morgan fingerprint density at radius 3 is 2.00 bits per heavy atom. The summed E-state index contributed by atoms with van der Waals surface area (Å²) in [6.07, 6.45) is 2.49. The smallest absolute Gasteiger partial charge is 0.219 e. The number of carbonyl (C=O) groups excluding carboxylic acids is 2. The van der Waals surface area contributed by atoms with Crippen molar-refractivity contribution in [1.82, 2.24) is 5.32 Å². The Morgan fingerprint density at radius 2 is 1.52 bits per heavy atom. The van der Waals surface area contributed by atoms with E-state index in [1.54, 1.807) is 7.11 Å². The van der Waals surface area contributed by atoms with Gasteiger partial charge in [0.15, 0.2) is 5.78 Å². The molecule has 29 heavy (non-hydrogen) atoms. The molecule has 0 aliphatic heterocycles. The van der Waals surface area contributed by atoms with Crippen molar-refractivity contribution in [2.24, 2.45) is 16.9 Å². The fourth-order valence-electron chi connectivity index (χ4n) is 2.96. The Labute approximate surface area is 177 Å². The van der Waals surface area contributed by atoms with Crippen LogP contribution in [0.25, 0.3) is 0 Å². The molecule has 0 spiro atoms. The minimum absolute atomic E-state index is 0.135. The van der Waals surface area contributed by atoms with Crippen LogP contribution in [-0.2, 0) is 19.1 Å². The summed E-state index contributed by atoms with van der Waals surface area (Å²) >= 11 is 0. The second-order valence-electron chi connectivity index (χ2n) is 10.2. The molecular weight excluding hydrogens is 370 g/mol. The number of amides is 1. The summed E-state index contributed by atoms with van der Waals surface area (Å²) in [6.45, 7) is 17.3. The molecule has 5 N–H and O–H groups in total. The summed E-state index contributed by atoms with van der Waals surface area (Å²) in [7, 11) is 1.71. The molecular formula is C22H45N3O4. The van der Waals surface area contributed by atoms with Gasteiger partial charge in [0.25, 0.3) is 0 Å². The highest BCUT2D eigenvalue weighted by Gasteiger charge is 2.44. The van der Waals surface area contributed by atoms with Crippen molar-refractivity contribution in [3.8, 4) is 0 Å². The second-order valence-corrected chi connectivity index (χ2v) is 10.2. The summed E-state index contributed by atoms with van der Waals surface area (Å²) in [5.74, 6) is -0.734. The standard InChI is InChI=1S/C22H45N3O4/c1-19(2,28-9)12-14-29-20(3,4)11-10-13-25-22(7,8)21(5,6)18(27)16(23)15-17(24)26/h16,25H,10-15,23H2,1-9H3,(H2,24,26). The van der Waals surface area contributed by atoms with Crippen molar-refractivity contribution < 1.29 is 19.1 Å². The van der Waals surface area contributed by atoms with Crippen LogP contribution in [0, 0.1) is 5.41 Å². The molecule has 7 heteroatoms. The fraction of sp³-hybridized carbons (Fsp3) is 0.909. The third kappa shape index (κ3) is 9.55. The molecule has 0 aromatic carbocycles. The van der Waals surface area contributed by atoms with E-state index in [0.29, 0.717) is 6.61 Å². The Morgan fingerprint density at radius 1 is 0.966 bits per heavy atom. The monoisotopic (exact) mass is 415 g/mol. The summed E-state index contributed by atoms with van der Waals surface area (Å²) in [6, 6.07) is -0.882. The predicted molar refractivity (Wildman–Crippen MR) is 118 cm³/mol. The van der Waals surface area contributed by atoms with Crippen molar-refractivity contribution in [2.45, 2.75) is 104 Å². The molecule has 0 bridgehead atoms. The minimum atomic E-state index is -0.882. The number of nitrogens with two attached hydrogens (primary N) is 2. The predicted octanol–water partition coefficient (Wildman–Crippen LogP) is 2.54. The highest BCUT2D eigenvalue weighted by Crippen LogP contribution is 2.33. The van der Waals surface area contributed by atoms with Crippen LogP contribution in [0.15, 0.2) is 0 Å². The molecule has 0 radical (unpaired) electrons. The van der Waals surface area contributed by atoms with Gasteiger partial charge in [0.05, 0.1) is 23.9 Å². The summed E-state index contributed by atoms with van der Waals surface area (Å²) in [5, 5.41) is 3.48. The van der Waals surface area contributed by atoms with Crippen LogP contribution in [0.3, 0.4) is 0 Å². The Hall–Kier alpha value is -1.02. The van der Waals surface area contributed by atoms with E-state index in [-0.39, 0.29) is 23.4 Å². The van der Waals surface area contributed by atoms with Crippen molar-refractivity contribution in [1.29, 1.82) is 0 Å². The van der Waals surface area contributed by atoms with Crippen molar-refractivity contribution in [3.63, 3.8) is 0 Å². The molecule has 0 saturated heterocycles. The number of rotatable bonds is 15. The van der Waals surface area contributed by atoms with Gasteiger partial charge in [-0.1, -0.05) is 13.8 Å². The minimum Gasteiger partial charge on any atom is -0.379 e. The van der Waals surface area contributed by atoms with Crippen LogP contribution >= 0.6 is 0 Å². The van der Waals surface area contributed by atoms with Crippen LogP contribution < -0.4 is 16.8 Å². The van der Waals surface area contributed by atoms with Gasteiger partial charge in [0.2, 0.25) is 5.91 Å². The van der Waals surface area contributed by atoms with Crippen LogP contribution in [0.4, 0.5) is 0 Å². The number of ether oxygens (including phenoxy) is 2. The molecule has 1 unspecified atom stereocenters. The maximum absolute atomic E-state index is 12.8. The van der Waals surface area contributed by atoms with Gasteiger partial charge in [-0.15, -0.1) is 0 Å². The molecule has 1 amide bonds. The van der Waals surface area contributed by atoms with E-state index in [0.717, 1.165) is 25.8 Å². The van der Waals surface area contributed by atoms with Gasteiger partial charge in [0, 0.05) is 24.5 Å². The highest BCUT2D eigenvalue weighted by molar-refractivity contribution is 5.93. The largest absolute Gasteiger partial charge is 0.379 e. The zero-order valence-electron chi connectivity index (χ0n) is 20.1. The Bertz CT molecular complexity index is 542. The summed E-state index contributed by atoms with van der Waals surface area (Å²) in [5.41, 5.74) is 9.42. The maximum atomic E-state index is 12.8. The Balaban J connectivity index is 4.58. The number of nitrogens with one attached hydrogen (secondary N) is 1. The SMILES string of the molecule is COC(C)(C)CCOC(C)(C)CCCNC(C)(C)C(C)(C)C(=O)C(N)CC(N)=O. The van der Waals surface area contributed by atoms with E-state index in [2.05, 4.69) is 19.2 Å². The second kappa shape index (κ2) is 10.8. The first-order valence-corrected chi connectivity index (χ1v) is 10.5. The number of hydrogen-bond acceptors (Lipinski definition) is 6. The van der Waals surface area contributed by atoms with Crippen LogP contribution in [-0.4, -0.2) is 54.7 Å². The average molecular weight is 416 g/mol. The van der Waals surface area contributed by atoms with Gasteiger partial charge in [-0.05, 0) is 67.3 Å². The first kappa shape index (κ1) is 28.0. The summed E-state index contributed by atoms with van der Waals surface area (Å²) in [4.78, 5) is 23.9. The van der Waals surface area contributed by atoms with Crippen LogP contribution in [0.1, 0.15) is 81.1 Å². The first-order valence-electron chi connectivity index (χ1n) is 10.5. The zero-order valence-corrected chi connectivity index (χ0v) is 20.1. The third-order valence-corrected chi connectivity index (χ3v) is 6.21. The molecule has 0 aromatic rings. The van der Waals surface area contributed by atoms with E-state index >= 15 is 0 Å². The number of primary amides is 1. The summed E-state index contributed by atoms with van der Waals surface area (Å²) < 4.78 is 11.5. The number of carbonyl (C=O) groups is 2. The van der Waals surface area contributed by atoms with Crippen molar-refractivity contribution in [2.75, 3.05) is 20.3 Å². The van der Waals surface area contributed by atoms with Crippen molar-refractivity contribution >= 4 is 11.7 Å². The molecule has 0 rings (SSSR count). The number of ketones is 1. The van der Waals surface area contributed by atoms with E-state index in [1.165, 1.54) is 0 Å². The van der Waals surface area contributed by atoms with Gasteiger partial charge in [0.1, 0.15) is 0 Å². The number of methoxy groups -OCH3 is 1. The van der Waals surface area contributed by atoms with Gasteiger partial charge in [-0.2, -0.15) is 0 Å². The van der Waals surface area contributed by atoms with Crippen LogP contribution in [0.2, 0.25) is 0 Å². The lowest BCUT2D eigenvalue weighted by molar-refractivity contribution is -0.134. The lowest BCUT2D eigenvalue weighted by Gasteiger charge is -2.42. The molecule has 0 aliphatic carbocycles. The normalized spacial score (nSPS) is 14.7. The van der Waals surface area contributed by atoms with E-state index < -0.39 is 22.9 Å². The van der Waals surface area contributed by atoms with E-state index in [1.807, 2.05) is 41.5 Å². The lowest BCUT2D eigenvalue weighted by atomic mass is 9.69. The molecule has 0 aromatic heterocycles. The molecule has 0 aliphatic rings. The molecule has 0 saturated carbocycles. The van der Waals surface area contributed by atoms with Crippen LogP contribution in [0.5, 0.6) is 0 Å². The number of Topliss-reactive ketones (excluding diaryl/α,β-unsaturated/α-hetero) is 1. The quantitative estimate of drug-likeness (QED) is 0.354. The van der Waals surface area contributed by atoms with Gasteiger partial charge < -0.3 is 26.3 Å². The zero-order chi connectivity index (χ0) is 23.1. The maximum Gasteiger partial charge on any atom is 0.219 e. The molecule has 0 fully saturated rings. The van der Waals surface area contributed by atoms with Gasteiger partial charge in [-0.3, -0.25) is 9.59 Å². The van der Waals surface area contributed by atoms with Gasteiger partial charge >= 0.3 is 0 Å². The average Bonchev–Trinajstić information content (AvgIpc) is 2.56. The molecule has 0 heterocycles. The molecule has 1 atom stereocenters. The molecule has 172 valence electrons. The van der Waals surface area contributed by atoms with Crippen molar-refractivity contribution in [3.05, 3.63) is 0 Å². The third-order valence-electron chi connectivity index (χ3n) is 6.21. The fourth-order valence-corrected chi connectivity index (χ4v) is 2.96. The number of hydrogen-bond donors (Lipinski definition) is 3. The van der Waals surface area contributed by atoms with E-state index in [4.69, 9.17) is 20.9 Å². The molecule has 7 nitrogen and oxygen atoms in total. The van der Waals surface area contributed by atoms with E-state index in [9.17, 15) is 9.59 Å². The van der Waals surface area contributed by atoms with Gasteiger partial charge in [-0.25, -0.2) is 0 Å². The highest BCUT2D eigenvalue weighted by atomic mass is 16.5. The lowest BCUT2D eigenvalue weighted by Crippen LogP contribution is -2.59. The Kier molecular flexibility index (Phi) is 10.5. The topological polar surface area (TPSA) is 117 Å². The first-order chi connectivity index (χ1) is 13.0.